The lowest BCUT2D eigenvalue weighted by molar-refractivity contribution is -0.0403. The van der Waals surface area contributed by atoms with E-state index in [9.17, 15) is 14.0 Å². The van der Waals surface area contributed by atoms with E-state index >= 15 is 0 Å². The molecule has 2 rings (SSSR count). The minimum Gasteiger partial charge on any atom is -0.394 e. The van der Waals surface area contributed by atoms with Crippen LogP contribution in [0.5, 0.6) is 0 Å². The van der Waals surface area contributed by atoms with E-state index in [-0.39, 0.29) is 5.56 Å². The number of halogens is 1. The van der Waals surface area contributed by atoms with E-state index < -0.39 is 42.4 Å². The lowest BCUT2D eigenvalue weighted by Crippen LogP contribution is -2.36. The molecule has 0 aliphatic carbocycles. The summed E-state index contributed by atoms with van der Waals surface area (Å²) in [6.07, 6.45) is -3.08. The van der Waals surface area contributed by atoms with Gasteiger partial charge in [0.1, 0.15) is 6.04 Å². The van der Waals surface area contributed by atoms with Crippen LogP contribution in [-0.4, -0.2) is 39.6 Å². The van der Waals surface area contributed by atoms with Crippen LogP contribution in [0.3, 0.4) is 0 Å². The molecule has 0 radical (unpaired) electrons. The molecule has 9 nitrogen and oxygen atoms in total. The van der Waals surface area contributed by atoms with Gasteiger partial charge in [-0.25, -0.2) is 9.18 Å². The van der Waals surface area contributed by atoms with Gasteiger partial charge in [0, 0.05) is 16.7 Å². The van der Waals surface area contributed by atoms with Gasteiger partial charge in [-0.3, -0.25) is 14.3 Å². The Morgan fingerprint density at radius 2 is 2.35 bits per heavy atom. The first-order valence-electron chi connectivity index (χ1n) is 5.76. The fraction of sp³-hybridized carbons (Fsp3) is 0.600. The minimum absolute atomic E-state index is 0.202. The number of alkyl halides is 1. The topological polar surface area (TPSA) is 133 Å². The van der Waals surface area contributed by atoms with Crippen molar-refractivity contribution in [1.82, 2.24) is 9.55 Å². The molecule has 0 spiro atoms. The van der Waals surface area contributed by atoms with Crippen molar-refractivity contribution < 1.29 is 14.2 Å². The third kappa shape index (κ3) is 2.31. The van der Waals surface area contributed by atoms with Gasteiger partial charge in [-0.05, 0) is 12.5 Å². The average Bonchev–Trinajstić information content (AvgIpc) is 2.72. The van der Waals surface area contributed by atoms with E-state index in [1.165, 1.54) is 6.92 Å². The number of H-pyrrole nitrogens is 1. The van der Waals surface area contributed by atoms with Gasteiger partial charge in [0.2, 0.25) is 0 Å². The highest BCUT2D eigenvalue weighted by atomic mass is 19.1. The van der Waals surface area contributed by atoms with Gasteiger partial charge in [0.15, 0.2) is 12.4 Å². The minimum atomic E-state index is -1.81. The third-order valence-corrected chi connectivity index (χ3v) is 3.08. The number of aliphatic hydroxyl groups excluding tert-OH is 1. The molecular weight excluding hydrogens is 273 g/mol. The number of aromatic nitrogens is 2. The molecule has 108 valence electrons. The van der Waals surface area contributed by atoms with Crippen molar-refractivity contribution in [1.29, 1.82) is 0 Å². The molecule has 0 bridgehead atoms. The van der Waals surface area contributed by atoms with E-state index in [0.29, 0.717) is 0 Å². The van der Waals surface area contributed by atoms with E-state index in [1.807, 2.05) is 4.98 Å². The Labute approximate surface area is 111 Å². The maximum absolute atomic E-state index is 14.2. The molecule has 0 amide bonds. The summed E-state index contributed by atoms with van der Waals surface area (Å²) in [7, 11) is 0. The number of nitrogens with one attached hydrogen (secondary N) is 1. The SMILES string of the molecule is Cc1cn([C@@H]2O[C@H](CO)[C@@H](N=[N+]=[N-])[C@H]2F)c(=O)[nH]c1=O. The number of hydrogen-bond donors (Lipinski definition) is 2. The molecule has 1 fully saturated rings. The van der Waals surface area contributed by atoms with E-state index in [4.69, 9.17) is 15.4 Å². The summed E-state index contributed by atoms with van der Waals surface area (Å²) in [4.78, 5) is 27.5. The molecule has 4 atom stereocenters. The second kappa shape index (κ2) is 5.45. The van der Waals surface area contributed by atoms with Crippen LogP contribution >= 0.6 is 0 Å². The lowest BCUT2D eigenvalue weighted by Gasteiger charge is -2.16. The van der Waals surface area contributed by atoms with Gasteiger partial charge in [-0.2, -0.15) is 0 Å². The largest absolute Gasteiger partial charge is 0.394 e. The Bertz CT molecular complexity index is 664. The highest BCUT2D eigenvalue weighted by Crippen LogP contribution is 2.32. The standard InChI is InChI=1S/C10H12FN5O4/c1-4-2-16(10(19)13-8(4)18)9-6(11)7(14-15-12)5(3-17)20-9/h2,5-7,9,17H,3H2,1H3,(H,13,18,19)/t5-,6-,7-,9-/m1/s1. The van der Waals surface area contributed by atoms with Gasteiger partial charge >= 0.3 is 5.69 Å². The zero-order valence-electron chi connectivity index (χ0n) is 10.4. The van der Waals surface area contributed by atoms with Gasteiger partial charge in [0.05, 0.1) is 12.7 Å². The van der Waals surface area contributed by atoms with Crippen molar-refractivity contribution in [3.63, 3.8) is 0 Å². The molecule has 0 aromatic carbocycles. The molecule has 1 aliphatic rings. The number of aryl methyl sites for hydroxylation is 1. The summed E-state index contributed by atoms with van der Waals surface area (Å²) in [6.45, 7) is 0.892. The maximum atomic E-state index is 14.2. The first-order chi connectivity index (χ1) is 9.49. The van der Waals surface area contributed by atoms with Crippen LogP contribution in [-0.2, 0) is 4.74 Å². The lowest BCUT2D eigenvalue weighted by atomic mass is 10.1. The number of azide groups is 1. The molecule has 10 heteroatoms. The Morgan fingerprint density at radius 3 is 2.95 bits per heavy atom. The molecule has 1 aromatic heterocycles. The molecular formula is C10H12FN5O4. The summed E-state index contributed by atoms with van der Waals surface area (Å²) in [5, 5.41) is 12.3. The summed E-state index contributed by atoms with van der Waals surface area (Å²) in [5.74, 6) is 0. The number of nitrogens with zero attached hydrogens (tertiary/aromatic N) is 4. The molecule has 2 heterocycles. The smallest absolute Gasteiger partial charge is 0.330 e. The summed E-state index contributed by atoms with van der Waals surface area (Å²) in [6, 6.07) is -1.24. The van der Waals surface area contributed by atoms with Gasteiger partial charge < -0.3 is 9.84 Å². The molecule has 2 N–H and O–H groups in total. The number of aliphatic hydroxyl groups is 1. The van der Waals surface area contributed by atoms with Crippen LogP contribution < -0.4 is 11.2 Å². The normalized spacial score (nSPS) is 29.1. The van der Waals surface area contributed by atoms with E-state index in [1.54, 1.807) is 0 Å². The highest BCUT2D eigenvalue weighted by molar-refractivity contribution is 5.04. The van der Waals surface area contributed by atoms with Crippen LogP contribution in [0.25, 0.3) is 10.4 Å². The Kier molecular flexibility index (Phi) is 3.89. The first kappa shape index (κ1) is 14.3. The van der Waals surface area contributed by atoms with Gasteiger partial charge in [-0.1, -0.05) is 5.11 Å². The van der Waals surface area contributed by atoms with Crippen LogP contribution in [0.1, 0.15) is 11.8 Å². The molecule has 1 saturated heterocycles. The summed E-state index contributed by atoms with van der Waals surface area (Å²) in [5.41, 5.74) is 7.17. The van der Waals surface area contributed by atoms with E-state index in [2.05, 4.69) is 10.0 Å². The zero-order valence-corrected chi connectivity index (χ0v) is 10.4. The zero-order chi connectivity index (χ0) is 14.9. The van der Waals surface area contributed by atoms with Crippen LogP contribution in [0.4, 0.5) is 4.39 Å². The van der Waals surface area contributed by atoms with Crippen molar-refractivity contribution in [3.8, 4) is 0 Å². The molecule has 20 heavy (non-hydrogen) atoms. The number of aromatic amines is 1. The van der Waals surface area contributed by atoms with Gasteiger partial charge in [-0.15, -0.1) is 0 Å². The number of hydrogen-bond acceptors (Lipinski definition) is 5. The Hall–Kier alpha value is -2.16. The van der Waals surface area contributed by atoms with Crippen LogP contribution in [0, 0.1) is 6.92 Å². The van der Waals surface area contributed by atoms with Crippen molar-refractivity contribution in [2.24, 2.45) is 5.11 Å². The maximum Gasteiger partial charge on any atom is 0.330 e. The summed E-state index contributed by atoms with van der Waals surface area (Å²) < 4.78 is 20.3. The van der Waals surface area contributed by atoms with E-state index in [0.717, 1.165) is 10.8 Å². The predicted molar refractivity (Wildman–Crippen MR) is 64.9 cm³/mol. The van der Waals surface area contributed by atoms with Crippen molar-refractivity contribution in [2.75, 3.05) is 6.61 Å². The summed E-state index contributed by atoms with van der Waals surface area (Å²) >= 11 is 0. The van der Waals surface area contributed by atoms with Crippen molar-refractivity contribution in [2.45, 2.75) is 31.5 Å². The Balaban J connectivity index is 2.44. The molecule has 1 aliphatic heterocycles. The van der Waals surface area contributed by atoms with Crippen LogP contribution in [0.2, 0.25) is 0 Å². The highest BCUT2D eigenvalue weighted by Gasteiger charge is 2.45. The molecule has 0 saturated carbocycles. The molecule has 1 aromatic rings. The quantitative estimate of drug-likeness (QED) is 0.450. The predicted octanol–water partition coefficient (Wildman–Crippen LogP) is -0.248. The first-order valence-corrected chi connectivity index (χ1v) is 5.76. The molecule has 0 unspecified atom stereocenters. The number of rotatable bonds is 3. The second-order valence-electron chi connectivity index (χ2n) is 4.37. The van der Waals surface area contributed by atoms with Crippen molar-refractivity contribution >= 4 is 0 Å². The third-order valence-electron chi connectivity index (χ3n) is 3.08. The monoisotopic (exact) mass is 285 g/mol. The fourth-order valence-electron chi connectivity index (χ4n) is 2.05. The Morgan fingerprint density at radius 1 is 1.65 bits per heavy atom. The van der Waals surface area contributed by atoms with Crippen molar-refractivity contribution in [3.05, 3.63) is 43.0 Å². The second-order valence-corrected chi connectivity index (χ2v) is 4.37. The van der Waals surface area contributed by atoms with Gasteiger partial charge in [0.25, 0.3) is 5.56 Å². The fourth-order valence-corrected chi connectivity index (χ4v) is 2.05. The average molecular weight is 285 g/mol. The van der Waals surface area contributed by atoms with Crippen LogP contribution in [0.15, 0.2) is 20.9 Å². The number of ether oxygens (including phenoxy) is 1.